The number of ether oxygens (including phenoxy) is 8. The van der Waals surface area contributed by atoms with Crippen molar-refractivity contribution in [2.45, 2.75) is 184 Å². The fourth-order valence-electron chi connectivity index (χ4n) is 10.2. The Kier molecular flexibility index (Phi) is 37.5. The molecule has 0 bridgehead atoms. The van der Waals surface area contributed by atoms with Gasteiger partial charge in [-0.05, 0) is 25.7 Å². The number of carbonyl (C=O) groups is 6. The minimum absolute atomic E-state index is 0.108. The van der Waals surface area contributed by atoms with E-state index in [4.69, 9.17) is 37.9 Å². The topological polar surface area (TPSA) is 410 Å². The van der Waals surface area contributed by atoms with Crippen molar-refractivity contribution in [2.24, 2.45) is 0 Å². The van der Waals surface area contributed by atoms with Crippen LogP contribution in [0, 0.1) is 0 Å². The van der Waals surface area contributed by atoms with E-state index in [0.717, 1.165) is 49.8 Å². The van der Waals surface area contributed by atoms with Gasteiger partial charge < -0.3 is 89.8 Å². The maximum absolute atomic E-state index is 13.1. The lowest BCUT2D eigenvalue weighted by Gasteiger charge is -2.36. The molecule has 510 valence electrons. The molecular weight excluding hydrogens is 1180 g/mol. The van der Waals surface area contributed by atoms with E-state index in [2.05, 4.69) is 41.9 Å². The van der Waals surface area contributed by atoms with E-state index >= 15 is 0 Å². The molecule has 3 aliphatic heterocycles. The summed E-state index contributed by atoms with van der Waals surface area (Å²) in [5, 5.41) is 86.9. The van der Waals surface area contributed by atoms with Crippen LogP contribution < -0.4 is 21.3 Å². The monoisotopic (exact) mass is 1280 g/mol. The van der Waals surface area contributed by atoms with Crippen LogP contribution >= 0.6 is 0 Å². The van der Waals surface area contributed by atoms with Crippen LogP contribution in [0.25, 0.3) is 0 Å². The molecule has 31 heteroatoms. The molecule has 0 aromatic carbocycles. The Hall–Kier alpha value is -5.52. The first-order valence-corrected chi connectivity index (χ1v) is 31.8. The summed E-state index contributed by atoms with van der Waals surface area (Å²) in [5.74, 6) is -1.41. The number of imide groups is 1. The zero-order chi connectivity index (χ0) is 64.6. The van der Waals surface area contributed by atoms with Crippen LogP contribution in [-0.2, 0) is 92.6 Å². The summed E-state index contributed by atoms with van der Waals surface area (Å²) >= 11 is 0. The maximum atomic E-state index is 13.1. The zero-order valence-corrected chi connectivity index (χ0v) is 51.9. The second-order valence-electron chi connectivity index (χ2n) is 22.5. The molecule has 5 rings (SSSR count). The molecule has 10 N–H and O–H groups in total. The van der Waals surface area contributed by atoms with E-state index in [9.17, 15) is 59.4 Å². The van der Waals surface area contributed by atoms with Gasteiger partial charge in [0.25, 0.3) is 11.8 Å². The molecule has 3 aliphatic rings. The molecule has 6 amide bonds. The van der Waals surface area contributed by atoms with Crippen LogP contribution in [0.4, 0.5) is 0 Å². The van der Waals surface area contributed by atoms with E-state index in [-0.39, 0.29) is 101 Å². The van der Waals surface area contributed by atoms with Gasteiger partial charge in [-0.1, -0.05) is 49.0 Å². The van der Waals surface area contributed by atoms with Crippen molar-refractivity contribution in [2.75, 3.05) is 119 Å². The molecule has 2 saturated heterocycles. The maximum Gasteiger partial charge on any atom is 0.253 e. The van der Waals surface area contributed by atoms with Gasteiger partial charge in [-0.2, -0.15) is 0 Å². The number of hydrogen-bond acceptors (Lipinski definition) is 24. The van der Waals surface area contributed by atoms with Crippen molar-refractivity contribution < 1.29 is 97.3 Å². The number of aliphatic hydroxyl groups excluding tert-OH is 6. The van der Waals surface area contributed by atoms with E-state index < -0.39 is 68.1 Å². The SMILES string of the molecule is O=C(CCCCCCCCCCC(=O)NC(CCC(=O)NCCOCCOCCOCCn1cc(C[C@H]2C[C@@H](O)[C@@H](O)[C@@H](CO)O2)nn1)CCC(=O)NCCOCCOCCOCCn1cc(C[C@H]2C[C@@H](O)[C@@H](O)[C@@H](CO)O2)nn1)NCCN1C(=O)C=CC1=O. The van der Waals surface area contributed by atoms with Crippen LogP contribution in [0.3, 0.4) is 0 Å². The highest BCUT2D eigenvalue weighted by atomic mass is 16.6. The number of aromatic nitrogens is 6. The first-order valence-electron chi connectivity index (χ1n) is 31.8. The highest BCUT2D eigenvalue weighted by molar-refractivity contribution is 6.12. The molecule has 2 fully saturated rings. The molecule has 0 radical (unpaired) electrons. The normalized spacial score (nSPS) is 20.9. The van der Waals surface area contributed by atoms with Crippen molar-refractivity contribution in [1.29, 1.82) is 0 Å². The summed E-state index contributed by atoms with van der Waals surface area (Å²) in [6.45, 7) is 5.07. The molecule has 31 nitrogen and oxygen atoms in total. The van der Waals surface area contributed by atoms with Crippen molar-refractivity contribution in [3.63, 3.8) is 0 Å². The summed E-state index contributed by atoms with van der Waals surface area (Å²) < 4.78 is 48.3. The summed E-state index contributed by atoms with van der Waals surface area (Å²) in [6, 6.07) is -0.406. The first kappa shape index (κ1) is 75.2. The van der Waals surface area contributed by atoms with Gasteiger partial charge in [0.1, 0.15) is 24.4 Å². The van der Waals surface area contributed by atoms with Gasteiger partial charge in [-0.3, -0.25) is 33.7 Å². The Balaban J connectivity index is 0.869. The lowest BCUT2D eigenvalue weighted by atomic mass is 9.96. The first-order chi connectivity index (χ1) is 43.7. The van der Waals surface area contributed by atoms with Crippen LogP contribution in [0.5, 0.6) is 0 Å². The molecular formula is C59H99N11O20. The predicted molar refractivity (Wildman–Crippen MR) is 319 cm³/mol. The van der Waals surface area contributed by atoms with Gasteiger partial charge in [0.05, 0.1) is 141 Å². The Morgan fingerprint density at radius 3 is 1.31 bits per heavy atom. The van der Waals surface area contributed by atoms with Gasteiger partial charge in [0, 0.05) is 108 Å². The van der Waals surface area contributed by atoms with Gasteiger partial charge in [-0.25, -0.2) is 9.36 Å². The molecule has 0 aliphatic carbocycles. The zero-order valence-electron chi connectivity index (χ0n) is 51.9. The summed E-state index contributed by atoms with van der Waals surface area (Å²) in [5.41, 5.74) is 1.31. The quantitative estimate of drug-likeness (QED) is 0.0246. The smallest absolute Gasteiger partial charge is 0.253 e. The molecule has 2 aromatic heterocycles. The Labute approximate surface area is 525 Å². The number of aliphatic hydroxyl groups is 6. The van der Waals surface area contributed by atoms with Gasteiger partial charge >= 0.3 is 0 Å². The van der Waals surface area contributed by atoms with Crippen LogP contribution in [0.1, 0.15) is 114 Å². The molecule has 2 aromatic rings. The summed E-state index contributed by atoms with van der Waals surface area (Å²) in [7, 11) is 0. The van der Waals surface area contributed by atoms with E-state index in [1.165, 1.54) is 12.2 Å². The van der Waals surface area contributed by atoms with Crippen LogP contribution in [0.15, 0.2) is 24.5 Å². The minimum atomic E-state index is -1.13. The predicted octanol–water partition coefficient (Wildman–Crippen LogP) is -2.28. The van der Waals surface area contributed by atoms with Crippen molar-refractivity contribution in [1.82, 2.24) is 56.2 Å². The minimum Gasteiger partial charge on any atom is -0.394 e. The van der Waals surface area contributed by atoms with Crippen molar-refractivity contribution in [3.05, 3.63) is 35.9 Å². The van der Waals surface area contributed by atoms with Gasteiger partial charge in [0.15, 0.2) is 0 Å². The average molecular weight is 1280 g/mol. The molecule has 5 heterocycles. The molecule has 0 saturated carbocycles. The Morgan fingerprint density at radius 1 is 0.500 bits per heavy atom. The van der Waals surface area contributed by atoms with Gasteiger partial charge in [-0.15, -0.1) is 10.2 Å². The molecule has 0 unspecified atom stereocenters. The van der Waals surface area contributed by atoms with Crippen LogP contribution in [0.2, 0.25) is 0 Å². The molecule has 8 atom stereocenters. The van der Waals surface area contributed by atoms with E-state index in [0.29, 0.717) is 135 Å². The third-order valence-corrected chi connectivity index (χ3v) is 15.2. The fourth-order valence-corrected chi connectivity index (χ4v) is 10.2. The number of nitrogens with one attached hydrogen (secondary N) is 4. The molecule has 90 heavy (non-hydrogen) atoms. The highest BCUT2D eigenvalue weighted by Crippen LogP contribution is 2.24. The number of unbranched alkanes of at least 4 members (excludes halogenated alkanes) is 7. The number of nitrogens with zero attached hydrogens (tertiary/aromatic N) is 7. The summed E-state index contributed by atoms with van der Waals surface area (Å²) in [6.07, 6.45) is 9.25. The number of carbonyl (C=O) groups excluding carboxylic acids is 6. The van der Waals surface area contributed by atoms with Gasteiger partial charge in [0.2, 0.25) is 23.6 Å². The van der Waals surface area contributed by atoms with E-state index in [1.54, 1.807) is 21.8 Å². The standard InChI is InChI=1S/C59H99N11O20/c71-41-50-58(81)48(73)37-46(89-50)35-44-39-68(66-64-44)21-25-85-29-33-87-31-27-83-23-18-61-53(76)13-11-43(63-55(78)10-8-6-4-2-1-3-5-7-9-52(75)60-17-20-70-56(79)15-16-57(70)80)12-14-54(77)62-19-24-84-28-32-88-34-30-86-26-22-69-40-45(65-67-69)36-47-38-49(74)59(82)51(42-72)90-47/h15-16,39-40,43,46-51,58-59,71-74,81-82H,1-14,17-38,41-42H2,(H,60,75)(H,61,76)(H,62,77)(H,63,78)/t46-,47-,48+,49+,50+,51+,58+,59+/m0/s1. The van der Waals surface area contributed by atoms with E-state index in [1.807, 2.05) is 0 Å². The second kappa shape index (κ2) is 44.9. The fraction of sp³-hybridized carbons (Fsp3) is 0.797. The average Bonchev–Trinajstić information content (AvgIpc) is 2.73. The van der Waals surface area contributed by atoms with Crippen LogP contribution in [-0.4, -0.2) is 275 Å². The lowest BCUT2D eigenvalue weighted by Crippen LogP contribution is -2.50. The molecule has 0 spiro atoms. The number of amides is 6. The second-order valence-corrected chi connectivity index (χ2v) is 22.5. The Morgan fingerprint density at radius 2 is 0.878 bits per heavy atom. The number of rotatable bonds is 51. The third-order valence-electron chi connectivity index (χ3n) is 15.2. The lowest BCUT2D eigenvalue weighted by molar-refractivity contribution is -0.179. The van der Waals surface area contributed by atoms with Crippen molar-refractivity contribution in [3.8, 4) is 0 Å². The number of hydrogen-bond donors (Lipinski definition) is 10. The largest absolute Gasteiger partial charge is 0.394 e. The third kappa shape index (κ3) is 31.2. The Bertz CT molecular complexity index is 2260. The van der Waals surface area contributed by atoms with Crippen molar-refractivity contribution >= 4 is 35.4 Å². The summed E-state index contributed by atoms with van der Waals surface area (Å²) in [4.78, 5) is 75.4. The highest BCUT2D eigenvalue weighted by Gasteiger charge is 2.38.